The normalized spacial score (nSPS) is 22.5. The lowest BCUT2D eigenvalue weighted by Crippen LogP contribution is -2.55. The van der Waals surface area contributed by atoms with E-state index in [2.05, 4.69) is 10.2 Å². The SMILES string of the molecule is CC1(C)COCCN1C(=O)c1n[nH]c(C2CC2)c1N. The third-order valence-corrected chi connectivity index (χ3v) is 3.91. The number of H-pyrrole nitrogens is 1. The van der Waals surface area contributed by atoms with Crippen molar-refractivity contribution in [1.82, 2.24) is 15.1 Å². The Hall–Kier alpha value is -1.56. The predicted octanol–water partition coefficient (Wildman–Crippen LogP) is 1.12. The van der Waals surface area contributed by atoms with Crippen molar-refractivity contribution in [3.05, 3.63) is 11.4 Å². The summed E-state index contributed by atoms with van der Waals surface area (Å²) in [6.07, 6.45) is 2.26. The molecule has 0 bridgehead atoms. The quantitative estimate of drug-likeness (QED) is 0.838. The van der Waals surface area contributed by atoms with Crippen molar-refractivity contribution in [1.29, 1.82) is 0 Å². The van der Waals surface area contributed by atoms with Crippen LogP contribution < -0.4 is 5.73 Å². The molecule has 19 heavy (non-hydrogen) atoms. The smallest absolute Gasteiger partial charge is 0.277 e. The van der Waals surface area contributed by atoms with E-state index in [1.807, 2.05) is 13.8 Å². The molecule has 1 aliphatic heterocycles. The fourth-order valence-electron chi connectivity index (χ4n) is 2.57. The second kappa shape index (κ2) is 4.23. The van der Waals surface area contributed by atoms with Crippen LogP contribution in [0.25, 0.3) is 0 Å². The fraction of sp³-hybridized carbons (Fsp3) is 0.692. The number of carbonyl (C=O) groups is 1. The molecule has 0 atom stereocenters. The molecule has 2 heterocycles. The summed E-state index contributed by atoms with van der Waals surface area (Å²) in [6, 6.07) is 0. The van der Waals surface area contributed by atoms with Gasteiger partial charge in [-0.05, 0) is 26.7 Å². The molecule has 3 rings (SSSR count). The number of hydrogen-bond acceptors (Lipinski definition) is 4. The van der Waals surface area contributed by atoms with E-state index in [4.69, 9.17) is 10.5 Å². The highest BCUT2D eigenvalue weighted by Crippen LogP contribution is 2.42. The summed E-state index contributed by atoms with van der Waals surface area (Å²) in [5.41, 5.74) is 7.56. The summed E-state index contributed by atoms with van der Waals surface area (Å²) < 4.78 is 5.43. The molecule has 0 aromatic carbocycles. The van der Waals surface area contributed by atoms with Crippen LogP contribution >= 0.6 is 0 Å². The molecule has 0 spiro atoms. The maximum Gasteiger partial charge on any atom is 0.277 e. The Balaban J connectivity index is 1.87. The van der Waals surface area contributed by atoms with Crippen molar-refractivity contribution in [3.63, 3.8) is 0 Å². The zero-order chi connectivity index (χ0) is 13.6. The highest BCUT2D eigenvalue weighted by Gasteiger charge is 2.38. The molecule has 1 saturated carbocycles. The van der Waals surface area contributed by atoms with Crippen LogP contribution in [-0.2, 0) is 4.74 Å². The summed E-state index contributed by atoms with van der Waals surface area (Å²) >= 11 is 0. The first kappa shape index (κ1) is 12.5. The molecule has 1 aromatic heterocycles. The molecule has 1 amide bonds. The third-order valence-electron chi connectivity index (χ3n) is 3.91. The summed E-state index contributed by atoms with van der Waals surface area (Å²) in [6.45, 7) is 5.67. The van der Waals surface area contributed by atoms with Gasteiger partial charge in [0.15, 0.2) is 5.69 Å². The van der Waals surface area contributed by atoms with Gasteiger partial charge in [-0.25, -0.2) is 0 Å². The van der Waals surface area contributed by atoms with Crippen LogP contribution in [-0.4, -0.2) is 46.3 Å². The zero-order valence-electron chi connectivity index (χ0n) is 11.4. The van der Waals surface area contributed by atoms with E-state index >= 15 is 0 Å². The van der Waals surface area contributed by atoms with Crippen molar-refractivity contribution in [3.8, 4) is 0 Å². The van der Waals surface area contributed by atoms with Crippen molar-refractivity contribution < 1.29 is 9.53 Å². The second-order valence-electron chi connectivity index (χ2n) is 6.00. The molecule has 6 nitrogen and oxygen atoms in total. The predicted molar refractivity (Wildman–Crippen MR) is 70.9 cm³/mol. The number of morpholine rings is 1. The minimum Gasteiger partial charge on any atom is -0.395 e. The number of aromatic amines is 1. The Kier molecular flexibility index (Phi) is 2.78. The third kappa shape index (κ3) is 2.10. The molecule has 1 saturated heterocycles. The monoisotopic (exact) mass is 264 g/mol. The molecule has 1 aliphatic carbocycles. The van der Waals surface area contributed by atoms with Crippen LogP contribution in [0.5, 0.6) is 0 Å². The zero-order valence-corrected chi connectivity index (χ0v) is 11.4. The molecule has 1 aromatic rings. The van der Waals surface area contributed by atoms with E-state index in [-0.39, 0.29) is 11.4 Å². The maximum absolute atomic E-state index is 12.6. The van der Waals surface area contributed by atoms with Crippen LogP contribution in [0.15, 0.2) is 0 Å². The van der Waals surface area contributed by atoms with Gasteiger partial charge in [0.25, 0.3) is 5.91 Å². The van der Waals surface area contributed by atoms with E-state index in [0.29, 0.717) is 37.1 Å². The van der Waals surface area contributed by atoms with Gasteiger partial charge < -0.3 is 15.4 Å². The second-order valence-corrected chi connectivity index (χ2v) is 6.00. The van der Waals surface area contributed by atoms with E-state index in [1.165, 1.54) is 0 Å². The van der Waals surface area contributed by atoms with Gasteiger partial charge in [0.05, 0.1) is 30.1 Å². The Bertz CT molecular complexity index is 505. The molecule has 0 unspecified atom stereocenters. The number of nitrogens with one attached hydrogen (secondary N) is 1. The Morgan fingerprint density at radius 3 is 2.89 bits per heavy atom. The number of amides is 1. The van der Waals surface area contributed by atoms with Crippen LogP contribution in [0.2, 0.25) is 0 Å². The molecule has 2 aliphatic rings. The minimum absolute atomic E-state index is 0.103. The van der Waals surface area contributed by atoms with Gasteiger partial charge in [0.2, 0.25) is 0 Å². The van der Waals surface area contributed by atoms with Gasteiger partial charge >= 0.3 is 0 Å². The average molecular weight is 264 g/mol. The standard InChI is InChI=1S/C13H20N4O2/c1-13(2)7-19-6-5-17(13)12(18)11-9(14)10(15-16-11)8-3-4-8/h8H,3-7,14H2,1-2H3,(H,15,16). The van der Waals surface area contributed by atoms with Crippen LogP contribution in [0.1, 0.15) is 48.8 Å². The lowest BCUT2D eigenvalue weighted by molar-refractivity contribution is -0.0372. The minimum atomic E-state index is -0.319. The van der Waals surface area contributed by atoms with E-state index in [0.717, 1.165) is 18.5 Å². The van der Waals surface area contributed by atoms with Gasteiger partial charge in [-0.15, -0.1) is 0 Å². The molecular weight excluding hydrogens is 244 g/mol. The number of anilines is 1. The van der Waals surface area contributed by atoms with E-state index < -0.39 is 0 Å². The first-order valence-corrected chi connectivity index (χ1v) is 6.74. The maximum atomic E-state index is 12.6. The average Bonchev–Trinajstić information content (AvgIpc) is 3.12. The first-order valence-electron chi connectivity index (χ1n) is 6.74. The van der Waals surface area contributed by atoms with Gasteiger partial charge in [-0.3, -0.25) is 9.89 Å². The number of aromatic nitrogens is 2. The van der Waals surface area contributed by atoms with Gasteiger partial charge in [0.1, 0.15) is 0 Å². The number of rotatable bonds is 2. The molecule has 3 N–H and O–H groups in total. The number of hydrogen-bond donors (Lipinski definition) is 2. The number of ether oxygens (including phenoxy) is 1. The first-order chi connectivity index (χ1) is 9.00. The summed E-state index contributed by atoms with van der Waals surface area (Å²) in [7, 11) is 0. The highest BCUT2D eigenvalue weighted by molar-refractivity contribution is 5.98. The molecule has 6 heteroatoms. The van der Waals surface area contributed by atoms with Crippen LogP contribution in [0.4, 0.5) is 5.69 Å². The Morgan fingerprint density at radius 2 is 2.26 bits per heavy atom. The van der Waals surface area contributed by atoms with Gasteiger partial charge in [0, 0.05) is 12.5 Å². The van der Waals surface area contributed by atoms with Crippen LogP contribution in [0, 0.1) is 0 Å². The summed E-state index contributed by atoms with van der Waals surface area (Å²) in [4.78, 5) is 14.4. The van der Waals surface area contributed by atoms with Crippen molar-refractivity contribution in [2.24, 2.45) is 0 Å². The number of carbonyl (C=O) groups excluding carboxylic acids is 1. The fourth-order valence-corrected chi connectivity index (χ4v) is 2.57. The Morgan fingerprint density at radius 1 is 1.53 bits per heavy atom. The topological polar surface area (TPSA) is 84.2 Å². The molecule has 104 valence electrons. The molecular formula is C13H20N4O2. The summed E-state index contributed by atoms with van der Waals surface area (Å²) in [5, 5.41) is 7.07. The number of nitrogens with zero attached hydrogens (tertiary/aromatic N) is 2. The lowest BCUT2D eigenvalue weighted by atomic mass is 10.0. The Labute approximate surface area is 112 Å². The number of nitrogens with two attached hydrogens (primary N) is 1. The van der Waals surface area contributed by atoms with E-state index in [1.54, 1.807) is 4.90 Å². The van der Waals surface area contributed by atoms with Crippen molar-refractivity contribution in [2.45, 2.75) is 38.1 Å². The van der Waals surface area contributed by atoms with Gasteiger partial charge in [-0.1, -0.05) is 0 Å². The van der Waals surface area contributed by atoms with Gasteiger partial charge in [-0.2, -0.15) is 5.10 Å². The largest absolute Gasteiger partial charge is 0.395 e. The molecule has 2 fully saturated rings. The lowest BCUT2D eigenvalue weighted by Gasteiger charge is -2.41. The number of nitrogen functional groups attached to an aromatic ring is 1. The van der Waals surface area contributed by atoms with Crippen molar-refractivity contribution in [2.75, 3.05) is 25.5 Å². The van der Waals surface area contributed by atoms with Crippen LogP contribution in [0.3, 0.4) is 0 Å². The summed E-state index contributed by atoms with van der Waals surface area (Å²) in [5.74, 6) is 0.362. The highest BCUT2D eigenvalue weighted by atomic mass is 16.5. The van der Waals surface area contributed by atoms with Crippen molar-refractivity contribution >= 4 is 11.6 Å². The van der Waals surface area contributed by atoms with E-state index in [9.17, 15) is 4.79 Å². The molecule has 0 radical (unpaired) electrons.